The van der Waals surface area contributed by atoms with Gasteiger partial charge in [0.15, 0.2) is 11.5 Å². The van der Waals surface area contributed by atoms with Crippen LogP contribution >= 0.6 is 23.2 Å². The Hall–Kier alpha value is -3.67. The van der Waals surface area contributed by atoms with Crippen LogP contribution in [0.25, 0.3) is 5.69 Å². The molecule has 2 saturated carbocycles. The van der Waals surface area contributed by atoms with Gasteiger partial charge >= 0.3 is 11.9 Å². The fourth-order valence-corrected chi connectivity index (χ4v) is 5.96. The summed E-state index contributed by atoms with van der Waals surface area (Å²) >= 11 is 12.4. The van der Waals surface area contributed by atoms with Crippen molar-refractivity contribution in [2.75, 3.05) is 6.54 Å². The number of carbonyl (C=O) groups is 1. The van der Waals surface area contributed by atoms with Crippen molar-refractivity contribution in [2.24, 2.45) is 5.92 Å². The topological polar surface area (TPSA) is 185 Å². The smallest absolute Gasteiger partial charge is 0.440 e. The number of rotatable bonds is 9. The van der Waals surface area contributed by atoms with Crippen molar-refractivity contribution in [2.45, 2.75) is 42.3 Å². The Labute approximate surface area is 243 Å². The Bertz CT molecular complexity index is 1800. The van der Waals surface area contributed by atoms with E-state index in [0.29, 0.717) is 12.8 Å². The van der Waals surface area contributed by atoms with Crippen LogP contribution in [0.2, 0.25) is 10.0 Å². The molecule has 0 saturated heterocycles. The quantitative estimate of drug-likeness (QED) is 0.270. The van der Waals surface area contributed by atoms with Crippen LogP contribution in [0.1, 0.15) is 31.4 Å². The number of aromatic amines is 1. The van der Waals surface area contributed by atoms with E-state index in [2.05, 4.69) is 20.1 Å². The van der Waals surface area contributed by atoms with Gasteiger partial charge in [-0.25, -0.2) is 22.9 Å². The molecule has 42 heavy (non-hydrogen) atoms. The summed E-state index contributed by atoms with van der Waals surface area (Å²) in [6.45, 7) is 0.0754. The Morgan fingerprint density at radius 1 is 1.19 bits per heavy atom. The fourth-order valence-electron chi connectivity index (χ4n) is 3.87. The van der Waals surface area contributed by atoms with Crippen LogP contribution in [0, 0.1) is 5.92 Å². The maximum Gasteiger partial charge on any atom is 0.440 e. The minimum Gasteiger partial charge on any atom is -0.505 e. The minimum absolute atomic E-state index is 0.0552. The molecule has 19 heteroatoms. The van der Waals surface area contributed by atoms with E-state index in [1.807, 2.05) is 0 Å². The number of aromatic nitrogens is 4. The monoisotopic (exact) mass is 650 g/mol. The number of ether oxygens (including phenoxy) is 1. The Balaban J connectivity index is 1.39. The van der Waals surface area contributed by atoms with Crippen molar-refractivity contribution in [3.05, 3.63) is 61.0 Å². The van der Waals surface area contributed by atoms with Crippen LogP contribution in [0.4, 0.5) is 13.2 Å². The van der Waals surface area contributed by atoms with Gasteiger partial charge in [0.1, 0.15) is 4.90 Å². The molecule has 1 amide bonds. The lowest BCUT2D eigenvalue weighted by Crippen LogP contribution is -2.46. The lowest BCUT2D eigenvalue weighted by Gasteiger charge is -2.19. The average molecular weight is 651 g/mol. The van der Waals surface area contributed by atoms with E-state index in [1.54, 1.807) is 0 Å². The van der Waals surface area contributed by atoms with Crippen molar-refractivity contribution in [3.63, 3.8) is 0 Å². The molecule has 2 aromatic heterocycles. The highest BCUT2D eigenvalue weighted by atomic mass is 35.5. The van der Waals surface area contributed by atoms with E-state index < -0.39 is 55.2 Å². The number of carbonyl (C=O) groups excluding carboxylic acids is 1. The summed E-state index contributed by atoms with van der Waals surface area (Å²) in [5, 5.41) is 15.3. The highest BCUT2D eigenvalue weighted by Crippen LogP contribution is 2.40. The second-order valence-electron chi connectivity index (χ2n) is 9.73. The lowest BCUT2D eigenvalue weighted by molar-refractivity contribution is -0.143. The van der Waals surface area contributed by atoms with Gasteiger partial charge in [-0.05, 0) is 37.8 Å². The summed E-state index contributed by atoms with van der Waals surface area (Å²) in [5.74, 6) is -1.63. The van der Waals surface area contributed by atoms with E-state index in [1.165, 1.54) is 4.98 Å². The molecule has 4 N–H and O–H groups in total. The normalized spacial score (nSPS) is 16.2. The number of aromatic hydroxyl groups is 1. The molecule has 0 bridgehead atoms. The van der Waals surface area contributed by atoms with E-state index in [0.717, 1.165) is 37.2 Å². The summed E-state index contributed by atoms with van der Waals surface area (Å²) in [6.07, 6.45) is -1.87. The molecule has 3 aromatic rings. The summed E-state index contributed by atoms with van der Waals surface area (Å²) in [6, 6.07) is 2.81. The molecule has 0 unspecified atom stereocenters. The van der Waals surface area contributed by atoms with Gasteiger partial charge in [0.05, 0.1) is 27.5 Å². The van der Waals surface area contributed by atoms with Crippen molar-refractivity contribution >= 4 is 39.1 Å². The van der Waals surface area contributed by atoms with E-state index in [-0.39, 0.29) is 44.5 Å². The van der Waals surface area contributed by atoms with Gasteiger partial charge in [0, 0.05) is 18.5 Å². The van der Waals surface area contributed by atoms with Gasteiger partial charge in [-0.2, -0.15) is 23.0 Å². The van der Waals surface area contributed by atoms with Crippen LogP contribution in [0.15, 0.2) is 38.9 Å². The Morgan fingerprint density at radius 3 is 2.40 bits per heavy atom. The molecule has 224 valence electrons. The zero-order chi connectivity index (χ0) is 30.6. The molecule has 5 rings (SSSR count). The van der Waals surface area contributed by atoms with Gasteiger partial charge in [-0.15, -0.1) is 0 Å². The lowest BCUT2D eigenvalue weighted by atomic mass is 10.3. The molecule has 0 spiro atoms. The van der Waals surface area contributed by atoms with Crippen molar-refractivity contribution in [1.29, 1.82) is 0 Å². The molecule has 2 aliphatic carbocycles. The van der Waals surface area contributed by atoms with Gasteiger partial charge < -0.3 is 15.2 Å². The zero-order valence-corrected chi connectivity index (χ0v) is 23.3. The van der Waals surface area contributed by atoms with Crippen LogP contribution < -0.4 is 26.0 Å². The zero-order valence-electron chi connectivity index (χ0n) is 21.0. The van der Waals surface area contributed by atoms with E-state index >= 15 is 0 Å². The van der Waals surface area contributed by atoms with E-state index in [9.17, 15) is 41.1 Å². The maximum absolute atomic E-state index is 13.1. The number of nitrogens with one attached hydrogen (secondary N) is 3. The number of sulfonamides is 1. The summed E-state index contributed by atoms with van der Waals surface area (Å²) in [5.41, 5.74) is -6.21. The number of halogens is 5. The first kappa shape index (κ1) is 29.8. The highest BCUT2D eigenvalue weighted by molar-refractivity contribution is 7.89. The predicted octanol–water partition coefficient (Wildman–Crippen LogP) is 2.48. The highest BCUT2D eigenvalue weighted by Gasteiger charge is 2.47. The van der Waals surface area contributed by atoms with E-state index in [4.69, 9.17) is 27.9 Å². The molecule has 1 aromatic carbocycles. The first-order chi connectivity index (χ1) is 19.6. The SMILES string of the molecule is O=C(NCC1(NS(=O)(=O)c2cc(Oc3c(Cl)cc(-n4nc(C(F)(F)F)c(=O)[nH]c4=O)cc3Cl)ncc2O)CC1)C1CC1. The maximum atomic E-state index is 13.1. The number of pyridine rings is 1. The third kappa shape index (κ3) is 6.23. The number of H-pyrrole nitrogens is 1. The Kier molecular flexibility index (Phi) is 7.49. The number of hydrogen-bond acceptors (Lipinski definition) is 9. The van der Waals surface area contributed by atoms with Gasteiger partial charge in [0.2, 0.25) is 27.5 Å². The minimum atomic E-state index is -5.17. The van der Waals surface area contributed by atoms with Crippen molar-refractivity contribution in [3.8, 4) is 23.1 Å². The number of amides is 1. The third-order valence-electron chi connectivity index (χ3n) is 6.39. The number of nitrogens with zero attached hydrogens (tertiary/aromatic N) is 3. The molecular weight excluding hydrogens is 632 g/mol. The molecule has 2 heterocycles. The largest absolute Gasteiger partial charge is 0.505 e. The molecular formula is C23H19Cl2F3N6O7S. The number of benzene rings is 1. The summed E-state index contributed by atoms with van der Waals surface area (Å²) < 4.78 is 73.9. The standard InChI is InChI=1S/C23H19Cl2F3N6O7S/c24-12-5-11(34-21(38)31-20(37)18(32-34)23(26,27)28)6-13(25)17(12)41-16-7-15(14(35)8-29-16)42(39,40)33-22(3-4-22)9-30-19(36)10-1-2-10/h5-8,10,33,35H,1-4,9H2,(H,30,36)(H,31,37,38). The second-order valence-corrected chi connectivity index (χ2v) is 12.2. The van der Waals surface area contributed by atoms with Crippen molar-refractivity contribution < 1.29 is 36.2 Å². The van der Waals surface area contributed by atoms with Crippen LogP contribution in [0.3, 0.4) is 0 Å². The summed E-state index contributed by atoms with van der Waals surface area (Å²) in [7, 11) is -4.35. The molecule has 0 aliphatic heterocycles. The van der Waals surface area contributed by atoms with Crippen LogP contribution in [0.5, 0.6) is 17.4 Å². The average Bonchev–Trinajstić information content (AvgIpc) is 3.81. The van der Waals surface area contributed by atoms with Crippen LogP contribution in [-0.2, 0) is 21.0 Å². The molecule has 2 fully saturated rings. The van der Waals surface area contributed by atoms with Crippen molar-refractivity contribution in [1.82, 2.24) is 29.8 Å². The Morgan fingerprint density at radius 2 is 1.83 bits per heavy atom. The van der Waals surface area contributed by atoms with Gasteiger partial charge in [-0.3, -0.25) is 14.6 Å². The van der Waals surface area contributed by atoms with Crippen LogP contribution in [-0.4, -0.2) is 51.3 Å². The molecule has 2 aliphatic rings. The predicted molar refractivity (Wildman–Crippen MR) is 139 cm³/mol. The summed E-state index contributed by atoms with van der Waals surface area (Å²) in [4.78, 5) is 40.4. The number of hydrogen-bond donors (Lipinski definition) is 4. The first-order valence-electron chi connectivity index (χ1n) is 12.1. The first-order valence-corrected chi connectivity index (χ1v) is 14.3. The van der Waals surface area contributed by atoms with Gasteiger partial charge in [-0.1, -0.05) is 23.2 Å². The fraction of sp³-hybridized carbons (Fsp3) is 0.348. The molecule has 0 radical (unpaired) electrons. The third-order valence-corrected chi connectivity index (χ3v) is 8.56. The second kappa shape index (κ2) is 10.6. The number of alkyl halides is 3. The molecule has 0 atom stereocenters. The molecule has 13 nitrogen and oxygen atoms in total. The van der Waals surface area contributed by atoms with Gasteiger partial charge in [0.25, 0.3) is 5.56 Å².